The normalized spacial score (nSPS) is 12.3. The largest absolute Gasteiger partial charge is 0.317 e. The van der Waals surface area contributed by atoms with E-state index in [1.807, 2.05) is 31.6 Å². The third-order valence-corrected chi connectivity index (χ3v) is 3.59. The van der Waals surface area contributed by atoms with Gasteiger partial charge < -0.3 is 5.32 Å². The van der Waals surface area contributed by atoms with E-state index in [9.17, 15) is 0 Å². The molecular formula is C16H19ClN2. The third-order valence-electron chi connectivity index (χ3n) is 3.33. The van der Waals surface area contributed by atoms with Crippen molar-refractivity contribution < 1.29 is 0 Å². The molecule has 1 atom stereocenters. The first-order valence-corrected chi connectivity index (χ1v) is 6.96. The fraction of sp³-hybridized carbons (Fsp3) is 0.312. The van der Waals surface area contributed by atoms with E-state index in [-0.39, 0.29) is 0 Å². The van der Waals surface area contributed by atoms with Crippen molar-refractivity contribution in [3.63, 3.8) is 0 Å². The quantitative estimate of drug-likeness (QED) is 0.872. The Morgan fingerprint density at radius 2 is 1.74 bits per heavy atom. The number of rotatable bonds is 6. The molecule has 0 radical (unpaired) electrons. The Bertz CT molecular complexity index is 482. The smallest absolute Gasteiger partial charge is 0.0406 e. The lowest BCUT2D eigenvalue weighted by Gasteiger charge is -2.16. The molecular weight excluding hydrogens is 256 g/mol. The van der Waals surface area contributed by atoms with E-state index in [0.717, 1.165) is 24.3 Å². The van der Waals surface area contributed by atoms with Gasteiger partial charge in [0.2, 0.25) is 0 Å². The van der Waals surface area contributed by atoms with Gasteiger partial charge in [0.25, 0.3) is 0 Å². The first-order valence-electron chi connectivity index (χ1n) is 6.58. The zero-order valence-corrected chi connectivity index (χ0v) is 11.9. The fourth-order valence-electron chi connectivity index (χ4n) is 2.14. The van der Waals surface area contributed by atoms with Gasteiger partial charge in [-0.2, -0.15) is 0 Å². The van der Waals surface area contributed by atoms with Gasteiger partial charge in [-0.3, -0.25) is 4.98 Å². The molecule has 0 fully saturated rings. The van der Waals surface area contributed by atoms with Crippen LogP contribution in [0, 0.1) is 0 Å². The van der Waals surface area contributed by atoms with Crippen molar-refractivity contribution in [2.24, 2.45) is 0 Å². The van der Waals surface area contributed by atoms with Gasteiger partial charge in [-0.05, 0) is 61.7 Å². The van der Waals surface area contributed by atoms with E-state index in [0.29, 0.717) is 6.04 Å². The lowest BCUT2D eigenvalue weighted by Crippen LogP contribution is -2.28. The van der Waals surface area contributed by atoms with Gasteiger partial charge in [0.15, 0.2) is 0 Å². The third kappa shape index (κ3) is 4.66. The van der Waals surface area contributed by atoms with Gasteiger partial charge in [-0.15, -0.1) is 0 Å². The molecule has 2 rings (SSSR count). The summed E-state index contributed by atoms with van der Waals surface area (Å²) < 4.78 is 0. The second-order valence-electron chi connectivity index (χ2n) is 4.71. The molecule has 0 saturated carbocycles. The van der Waals surface area contributed by atoms with E-state index in [1.54, 1.807) is 0 Å². The maximum Gasteiger partial charge on any atom is 0.0406 e. The number of pyridine rings is 1. The van der Waals surface area contributed by atoms with Crippen LogP contribution in [-0.2, 0) is 12.8 Å². The summed E-state index contributed by atoms with van der Waals surface area (Å²) in [6, 6.07) is 12.7. The average Bonchev–Trinajstić information content (AvgIpc) is 2.46. The molecule has 0 aliphatic rings. The molecule has 3 heteroatoms. The molecule has 1 heterocycles. The van der Waals surface area contributed by atoms with Crippen LogP contribution >= 0.6 is 11.6 Å². The highest BCUT2D eigenvalue weighted by molar-refractivity contribution is 6.30. The Morgan fingerprint density at radius 3 is 2.37 bits per heavy atom. The molecule has 0 aliphatic heterocycles. The minimum absolute atomic E-state index is 0.481. The van der Waals surface area contributed by atoms with Crippen molar-refractivity contribution in [2.45, 2.75) is 25.3 Å². The zero-order valence-electron chi connectivity index (χ0n) is 11.1. The van der Waals surface area contributed by atoms with Crippen molar-refractivity contribution in [1.82, 2.24) is 10.3 Å². The van der Waals surface area contributed by atoms with E-state index < -0.39 is 0 Å². The molecule has 0 aliphatic carbocycles. The minimum Gasteiger partial charge on any atom is -0.317 e. The van der Waals surface area contributed by atoms with E-state index >= 15 is 0 Å². The average molecular weight is 275 g/mol. The van der Waals surface area contributed by atoms with E-state index in [1.165, 1.54) is 11.1 Å². The van der Waals surface area contributed by atoms with Crippen LogP contribution in [0.4, 0.5) is 0 Å². The van der Waals surface area contributed by atoms with Crippen LogP contribution < -0.4 is 5.32 Å². The summed E-state index contributed by atoms with van der Waals surface area (Å²) in [5.41, 5.74) is 2.66. The zero-order chi connectivity index (χ0) is 13.5. The topological polar surface area (TPSA) is 24.9 Å². The first kappa shape index (κ1) is 14.0. The number of aryl methyl sites for hydroxylation is 1. The molecule has 0 saturated heterocycles. The summed E-state index contributed by atoms with van der Waals surface area (Å²) >= 11 is 5.90. The number of nitrogens with one attached hydrogen (secondary N) is 1. The number of hydrogen-bond acceptors (Lipinski definition) is 2. The van der Waals surface area contributed by atoms with Gasteiger partial charge in [-0.25, -0.2) is 0 Å². The standard InChI is InChI=1S/C16H19ClN2/c1-18-16(7-4-13-8-10-19-11-9-13)12-14-2-5-15(17)6-3-14/h2-3,5-6,8-11,16,18H,4,7,12H2,1H3. The number of likely N-dealkylation sites (N-methyl/N-ethyl adjacent to an activating group) is 1. The van der Waals surface area contributed by atoms with Crippen molar-refractivity contribution in [3.8, 4) is 0 Å². The number of halogens is 1. The highest BCUT2D eigenvalue weighted by atomic mass is 35.5. The van der Waals surface area contributed by atoms with Crippen molar-refractivity contribution in [1.29, 1.82) is 0 Å². The summed E-state index contributed by atoms with van der Waals surface area (Å²) in [7, 11) is 2.02. The molecule has 2 aromatic rings. The Balaban J connectivity index is 1.88. The van der Waals surface area contributed by atoms with Crippen LogP contribution in [0.25, 0.3) is 0 Å². The van der Waals surface area contributed by atoms with Crippen LogP contribution in [0.2, 0.25) is 5.02 Å². The minimum atomic E-state index is 0.481. The van der Waals surface area contributed by atoms with Crippen LogP contribution in [-0.4, -0.2) is 18.1 Å². The van der Waals surface area contributed by atoms with Gasteiger partial charge in [0.05, 0.1) is 0 Å². The van der Waals surface area contributed by atoms with Gasteiger partial charge >= 0.3 is 0 Å². The van der Waals surface area contributed by atoms with E-state index in [2.05, 4.69) is 34.6 Å². The molecule has 1 N–H and O–H groups in total. The molecule has 1 unspecified atom stereocenters. The maximum atomic E-state index is 5.90. The summed E-state index contributed by atoms with van der Waals surface area (Å²) in [5.74, 6) is 0. The molecule has 1 aromatic carbocycles. The Kier molecular flexibility index (Phi) is 5.37. The lowest BCUT2D eigenvalue weighted by atomic mass is 10.00. The predicted octanol–water partition coefficient (Wildman–Crippen LogP) is 3.50. The molecule has 0 amide bonds. The molecule has 100 valence electrons. The van der Waals surface area contributed by atoms with Crippen LogP contribution in [0.5, 0.6) is 0 Å². The van der Waals surface area contributed by atoms with Crippen molar-refractivity contribution >= 4 is 11.6 Å². The monoisotopic (exact) mass is 274 g/mol. The summed E-state index contributed by atoms with van der Waals surface area (Å²) in [6.45, 7) is 0. The van der Waals surface area contributed by atoms with Crippen LogP contribution in [0.1, 0.15) is 17.5 Å². The van der Waals surface area contributed by atoms with Gasteiger partial charge in [-0.1, -0.05) is 23.7 Å². The van der Waals surface area contributed by atoms with E-state index in [4.69, 9.17) is 11.6 Å². The van der Waals surface area contributed by atoms with Gasteiger partial charge in [0.1, 0.15) is 0 Å². The highest BCUT2D eigenvalue weighted by Crippen LogP contribution is 2.13. The van der Waals surface area contributed by atoms with Crippen LogP contribution in [0.15, 0.2) is 48.8 Å². The summed E-state index contributed by atoms with van der Waals surface area (Å²) in [6.07, 6.45) is 6.91. The summed E-state index contributed by atoms with van der Waals surface area (Å²) in [4.78, 5) is 4.04. The number of hydrogen-bond donors (Lipinski definition) is 1. The molecule has 0 spiro atoms. The van der Waals surface area contributed by atoms with Crippen molar-refractivity contribution in [3.05, 3.63) is 64.9 Å². The number of aromatic nitrogens is 1. The second-order valence-corrected chi connectivity index (χ2v) is 5.15. The molecule has 0 bridgehead atoms. The van der Waals surface area contributed by atoms with Gasteiger partial charge in [0, 0.05) is 23.5 Å². The molecule has 19 heavy (non-hydrogen) atoms. The maximum absolute atomic E-state index is 5.90. The van der Waals surface area contributed by atoms with Crippen molar-refractivity contribution in [2.75, 3.05) is 7.05 Å². The molecule has 2 nitrogen and oxygen atoms in total. The highest BCUT2D eigenvalue weighted by Gasteiger charge is 2.07. The Hall–Kier alpha value is -1.38. The molecule has 1 aromatic heterocycles. The first-order chi connectivity index (χ1) is 9.28. The predicted molar refractivity (Wildman–Crippen MR) is 80.6 cm³/mol. The Morgan fingerprint density at radius 1 is 1.05 bits per heavy atom. The second kappa shape index (κ2) is 7.27. The SMILES string of the molecule is CNC(CCc1ccncc1)Cc1ccc(Cl)cc1. The Labute approximate surface area is 119 Å². The summed E-state index contributed by atoms with van der Waals surface area (Å²) in [5, 5.41) is 4.18. The number of benzene rings is 1. The number of nitrogens with zero attached hydrogens (tertiary/aromatic N) is 1. The van der Waals surface area contributed by atoms with Crippen LogP contribution in [0.3, 0.4) is 0 Å². The fourth-order valence-corrected chi connectivity index (χ4v) is 2.27. The lowest BCUT2D eigenvalue weighted by molar-refractivity contribution is 0.520.